The number of nitrogens with one attached hydrogen (secondary N) is 1. The summed E-state index contributed by atoms with van der Waals surface area (Å²) in [6.07, 6.45) is 1.93. The molecule has 0 bridgehead atoms. The summed E-state index contributed by atoms with van der Waals surface area (Å²) in [7, 11) is 1.87. The zero-order valence-electron chi connectivity index (χ0n) is 12.3. The highest BCUT2D eigenvalue weighted by Gasteiger charge is 2.09. The highest BCUT2D eigenvalue weighted by molar-refractivity contribution is 6.06. The van der Waals surface area contributed by atoms with Gasteiger partial charge < -0.3 is 5.32 Å². The molecule has 0 aliphatic carbocycles. The number of rotatable bonds is 2. The van der Waals surface area contributed by atoms with Gasteiger partial charge in [-0.05, 0) is 49.2 Å². The Balaban J connectivity index is 1.89. The lowest BCUT2D eigenvalue weighted by Gasteiger charge is -2.07. The Bertz CT molecular complexity index is 813. The van der Waals surface area contributed by atoms with Crippen LogP contribution in [-0.2, 0) is 7.05 Å². The molecule has 1 amide bonds. The molecule has 1 N–H and O–H groups in total. The zero-order chi connectivity index (χ0) is 15.0. The van der Waals surface area contributed by atoms with Gasteiger partial charge in [-0.2, -0.15) is 5.10 Å². The number of nitrogens with zero attached hydrogens (tertiary/aromatic N) is 2. The molecule has 1 heterocycles. The molecular formula is C17H17N3O. The minimum Gasteiger partial charge on any atom is -0.322 e. The van der Waals surface area contributed by atoms with E-state index in [2.05, 4.69) is 16.5 Å². The number of amides is 1. The van der Waals surface area contributed by atoms with Crippen molar-refractivity contribution >= 4 is 22.5 Å². The fourth-order valence-corrected chi connectivity index (χ4v) is 2.53. The number of carbonyl (C=O) groups is 1. The number of aryl methyl sites for hydroxylation is 3. The fraction of sp³-hybridized carbons (Fsp3) is 0.176. The van der Waals surface area contributed by atoms with E-state index in [4.69, 9.17) is 0 Å². The topological polar surface area (TPSA) is 46.9 Å². The summed E-state index contributed by atoms with van der Waals surface area (Å²) in [5.74, 6) is -0.118. The second-order valence-corrected chi connectivity index (χ2v) is 5.41. The molecule has 0 aliphatic heterocycles. The van der Waals surface area contributed by atoms with Crippen LogP contribution in [0.2, 0.25) is 0 Å². The van der Waals surface area contributed by atoms with Crippen molar-refractivity contribution in [2.45, 2.75) is 13.8 Å². The Morgan fingerprint density at radius 1 is 1.10 bits per heavy atom. The van der Waals surface area contributed by atoms with E-state index >= 15 is 0 Å². The third-order valence-electron chi connectivity index (χ3n) is 3.36. The lowest BCUT2D eigenvalue weighted by molar-refractivity contribution is 0.102. The van der Waals surface area contributed by atoms with E-state index in [0.717, 1.165) is 27.7 Å². The third-order valence-corrected chi connectivity index (χ3v) is 3.36. The van der Waals surface area contributed by atoms with E-state index in [0.29, 0.717) is 5.56 Å². The van der Waals surface area contributed by atoms with Crippen LogP contribution in [0.15, 0.2) is 42.6 Å². The SMILES string of the molecule is Cc1cc(C)cc(NC(=O)c2ccc3cn(C)nc3c2)c1. The van der Waals surface area contributed by atoms with Gasteiger partial charge in [-0.15, -0.1) is 0 Å². The largest absolute Gasteiger partial charge is 0.322 e. The fourth-order valence-electron chi connectivity index (χ4n) is 2.53. The lowest BCUT2D eigenvalue weighted by Crippen LogP contribution is -2.12. The lowest BCUT2D eigenvalue weighted by atomic mass is 10.1. The summed E-state index contributed by atoms with van der Waals surface area (Å²) in [6.45, 7) is 4.03. The molecule has 0 aliphatic rings. The third kappa shape index (κ3) is 2.79. The van der Waals surface area contributed by atoms with Gasteiger partial charge in [0.05, 0.1) is 5.52 Å². The van der Waals surface area contributed by atoms with Gasteiger partial charge in [-0.25, -0.2) is 0 Å². The number of fused-ring (bicyclic) bond motifs is 1. The molecule has 0 radical (unpaired) electrons. The van der Waals surface area contributed by atoms with Gasteiger partial charge in [-0.3, -0.25) is 9.48 Å². The van der Waals surface area contributed by atoms with E-state index < -0.39 is 0 Å². The first-order valence-electron chi connectivity index (χ1n) is 6.84. The van der Waals surface area contributed by atoms with Crippen molar-refractivity contribution in [1.82, 2.24) is 9.78 Å². The summed E-state index contributed by atoms with van der Waals surface area (Å²) in [5.41, 5.74) is 4.51. The van der Waals surface area contributed by atoms with Crippen molar-refractivity contribution in [2.24, 2.45) is 7.05 Å². The number of anilines is 1. The minimum absolute atomic E-state index is 0.118. The van der Waals surface area contributed by atoms with Crippen LogP contribution in [-0.4, -0.2) is 15.7 Å². The molecule has 0 saturated carbocycles. The molecule has 1 aromatic heterocycles. The van der Waals surface area contributed by atoms with Crippen LogP contribution in [0.25, 0.3) is 10.9 Å². The van der Waals surface area contributed by atoms with Gasteiger partial charge in [0.25, 0.3) is 5.91 Å². The Morgan fingerprint density at radius 3 is 2.52 bits per heavy atom. The first kappa shape index (κ1) is 13.4. The Hall–Kier alpha value is -2.62. The minimum atomic E-state index is -0.118. The maximum absolute atomic E-state index is 12.3. The van der Waals surface area contributed by atoms with Gasteiger partial charge in [0.2, 0.25) is 0 Å². The van der Waals surface area contributed by atoms with Crippen LogP contribution in [0.3, 0.4) is 0 Å². The number of aromatic nitrogens is 2. The molecule has 2 aromatic carbocycles. The van der Waals surface area contributed by atoms with E-state index in [1.165, 1.54) is 0 Å². The molecule has 3 aromatic rings. The molecule has 3 rings (SSSR count). The maximum Gasteiger partial charge on any atom is 0.255 e. The number of hydrogen-bond acceptors (Lipinski definition) is 2. The van der Waals surface area contributed by atoms with Crippen LogP contribution in [0.4, 0.5) is 5.69 Å². The van der Waals surface area contributed by atoms with Crippen molar-refractivity contribution < 1.29 is 4.79 Å². The van der Waals surface area contributed by atoms with Crippen molar-refractivity contribution in [3.63, 3.8) is 0 Å². The smallest absolute Gasteiger partial charge is 0.255 e. The van der Waals surface area contributed by atoms with Gasteiger partial charge >= 0.3 is 0 Å². The summed E-state index contributed by atoms with van der Waals surface area (Å²) in [5, 5.41) is 8.29. The predicted molar refractivity (Wildman–Crippen MR) is 84.6 cm³/mol. The number of benzene rings is 2. The summed E-state index contributed by atoms with van der Waals surface area (Å²) in [4.78, 5) is 12.3. The first-order chi connectivity index (χ1) is 10.0. The average molecular weight is 279 g/mol. The molecule has 21 heavy (non-hydrogen) atoms. The highest BCUT2D eigenvalue weighted by atomic mass is 16.1. The predicted octanol–water partition coefficient (Wildman–Crippen LogP) is 3.44. The van der Waals surface area contributed by atoms with Crippen molar-refractivity contribution in [1.29, 1.82) is 0 Å². The molecular weight excluding hydrogens is 262 g/mol. The summed E-state index contributed by atoms with van der Waals surface area (Å²) in [6, 6.07) is 11.6. The van der Waals surface area contributed by atoms with Crippen LogP contribution in [0.1, 0.15) is 21.5 Å². The molecule has 4 heteroatoms. The standard InChI is InChI=1S/C17H17N3O/c1-11-6-12(2)8-15(7-11)18-17(21)13-4-5-14-10-20(3)19-16(14)9-13/h4-10H,1-3H3,(H,18,21). The number of carbonyl (C=O) groups excluding carboxylic acids is 1. The van der Waals surface area contributed by atoms with Gasteiger partial charge in [0.1, 0.15) is 0 Å². The molecule has 0 spiro atoms. The Morgan fingerprint density at radius 2 is 1.81 bits per heavy atom. The summed E-state index contributed by atoms with van der Waals surface area (Å²) < 4.78 is 1.75. The van der Waals surface area contributed by atoms with Crippen molar-refractivity contribution in [3.05, 3.63) is 59.3 Å². The van der Waals surface area contributed by atoms with Crippen molar-refractivity contribution in [3.8, 4) is 0 Å². The molecule has 0 unspecified atom stereocenters. The van der Waals surface area contributed by atoms with E-state index in [1.54, 1.807) is 4.68 Å². The van der Waals surface area contributed by atoms with Crippen molar-refractivity contribution in [2.75, 3.05) is 5.32 Å². The molecule has 0 saturated heterocycles. The number of hydrogen-bond donors (Lipinski definition) is 1. The highest BCUT2D eigenvalue weighted by Crippen LogP contribution is 2.17. The van der Waals surface area contributed by atoms with E-state index in [1.807, 2.05) is 57.4 Å². The van der Waals surface area contributed by atoms with Crippen LogP contribution >= 0.6 is 0 Å². The monoisotopic (exact) mass is 279 g/mol. The normalized spacial score (nSPS) is 10.8. The Labute approximate surface area is 123 Å². The molecule has 0 fully saturated rings. The maximum atomic E-state index is 12.3. The summed E-state index contributed by atoms with van der Waals surface area (Å²) >= 11 is 0. The van der Waals surface area contributed by atoms with E-state index in [-0.39, 0.29) is 5.91 Å². The van der Waals surface area contributed by atoms with Gasteiger partial charge in [0, 0.05) is 29.9 Å². The van der Waals surface area contributed by atoms with E-state index in [9.17, 15) is 4.79 Å². The van der Waals surface area contributed by atoms with Gasteiger partial charge in [-0.1, -0.05) is 12.1 Å². The second kappa shape index (κ2) is 5.05. The van der Waals surface area contributed by atoms with Crippen LogP contribution in [0.5, 0.6) is 0 Å². The average Bonchev–Trinajstić information content (AvgIpc) is 2.76. The molecule has 0 atom stereocenters. The first-order valence-corrected chi connectivity index (χ1v) is 6.84. The zero-order valence-corrected chi connectivity index (χ0v) is 12.3. The van der Waals surface area contributed by atoms with Crippen LogP contribution < -0.4 is 5.32 Å². The van der Waals surface area contributed by atoms with Crippen LogP contribution in [0, 0.1) is 13.8 Å². The van der Waals surface area contributed by atoms with Gasteiger partial charge in [0.15, 0.2) is 0 Å². The second-order valence-electron chi connectivity index (χ2n) is 5.41. The molecule has 106 valence electrons. The Kier molecular flexibility index (Phi) is 3.22. The molecule has 4 nitrogen and oxygen atoms in total. The quantitative estimate of drug-likeness (QED) is 0.781.